The van der Waals surface area contributed by atoms with Gasteiger partial charge in [0, 0.05) is 17.2 Å². The monoisotopic (exact) mass is 235 g/mol. The Morgan fingerprint density at radius 1 is 1.47 bits per heavy atom. The van der Waals surface area contributed by atoms with Crippen molar-refractivity contribution in [3.63, 3.8) is 0 Å². The molecule has 1 aromatic rings. The van der Waals surface area contributed by atoms with Crippen LogP contribution in [-0.2, 0) is 11.2 Å². The molecule has 0 aliphatic heterocycles. The second kappa shape index (κ2) is 4.90. The van der Waals surface area contributed by atoms with Gasteiger partial charge >= 0.3 is 0 Å². The fraction of sp³-hybridized carbons (Fsp3) is 0.692. The minimum Gasteiger partial charge on any atom is -0.309 e. The Bertz CT molecular complexity index is 391. The molecule has 0 unspecified atom stereocenters. The van der Waals surface area contributed by atoms with Crippen LogP contribution in [0.2, 0.25) is 0 Å². The Balaban J connectivity index is 2.00. The van der Waals surface area contributed by atoms with Crippen LogP contribution in [-0.4, -0.2) is 16.1 Å². The van der Waals surface area contributed by atoms with Crippen LogP contribution in [0.25, 0.3) is 0 Å². The Morgan fingerprint density at radius 3 is 2.76 bits per heavy atom. The van der Waals surface area contributed by atoms with Crippen molar-refractivity contribution < 1.29 is 4.79 Å². The summed E-state index contributed by atoms with van der Waals surface area (Å²) >= 11 is 0. The van der Waals surface area contributed by atoms with Crippen molar-refractivity contribution in [2.45, 2.75) is 52.4 Å². The van der Waals surface area contributed by atoms with Crippen molar-refractivity contribution >= 4 is 11.7 Å². The topological polar surface area (TPSA) is 57.8 Å². The lowest BCUT2D eigenvalue weighted by Crippen LogP contribution is -2.35. The minimum atomic E-state index is -0.205. The first-order valence-corrected chi connectivity index (χ1v) is 6.50. The number of nitrogens with zero attached hydrogens (tertiary/aromatic N) is 1. The van der Waals surface area contributed by atoms with Crippen LogP contribution >= 0.6 is 0 Å². The van der Waals surface area contributed by atoms with E-state index in [4.69, 9.17) is 0 Å². The Kier molecular flexibility index (Phi) is 3.50. The van der Waals surface area contributed by atoms with Crippen LogP contribution in [0, 0.1) is 5.41 Å². The summed E-state index contributed by atoms with van der Waals surface area (Å²) in [6, 6.07) is 1.91. The fourth-order valence-corrected chi connectivity index (χ4v) is 2.43. The highest BCUT2D eigenvalue weighted by Crippen LogP contribution is 2.36. The third kappa shape index (κ3) is 2.68. The average molecular weight is 235 g/mol. The third-order valence-corrected chi connectivity index (χ3v) is 3.76. The normalized spacial score (nSPS) is 18.9. The van der Waals surface area contributed by atoms with Crippen molar-refractivity contribution in [2.24, 2.45) is 5.41 Å². The lowest BCUT2D eigenvalue weighted by Gasteiger charge is -2.31. The molecule has 1 heterocycles. The van der Waals surface area contributed by atoms with Crippen LogP contribution < -0.4 is 5.32 Å². The molecule has 1 aliphatic rings. The van der Waals surface area contributed by atoms with Crippen molar-refractivity contribution in [1.82, 2.24) is 10.2 Å². The maximum absolute atomic E-state index is 12.2. The molecule has 1 fully saturated rings. The van der Waals surface area contributed by atoms with Gasteiger partial charge in [-0.1, -0.05) is 33.1 Å². The highest BCUT2D eigenvalue weighted by Gasteiger charge is 2.34. The number of amides is 1. The molecule has 0 spiro atoms. The van der Waals surface area contributed by atoms with Gasteiger partial charge in [-0.05, 0) is 19.3 Å². The molecule has 4 heteroatoms. The fourth-order valence-electron chi connectivity index (χ4n) is 2.43. The van der Waals surface area contributed by atoms with E-state index in [0.29, 0.717) is 5.82 Å². The molecule has 0 aromatic carbocycles. The van der Waals surface area contributed by atoms with E-state index in [9.17, 15) is 4.79 Å². The van der Waals surface area contributed by atoms with Crippen LogP contribution in [0.4, 0.5) is 5.82 Å². The van der Waals surface area contributed by atoms with Gasteiger partial charge in [-0.3, -0.25) is 9.89 Å². The number of hydrogen-bond donors (Lipinski definition) is 2. The van der Waals surface area contributed by atoms with E-state index < -0.39 is 0 Å². The Labute approximate surface area is 102 Å². The first-order valence-electron chi connectivity index (χ1n) is 6.50. The van der Waals surface area contributed by atoms with Crippen molar-refractivity contribution in [3.05, 3.63) is 11.8 Å². The second-order valence-electron chi connectivity index (χ2n) is 5.21. The Hall–Kier alpha value is -1.32. The summed E-state index contributed by atoms with van der Waals surface area (Å²) in [7, 11) is 0. The Morgan fingerprint density at radius 2 is 2.18 bits per heavy atom. The van der Waals surface area contributed by atoms with E-state index in [-0.39, 0.29) is 11.3 Å². The smallest absolute Gasteiger partial charge is 0.231 e. The number of aromatic nitrogens is 2. The molecule has 0 bridgehead atoms. The number of carbonyl (C=O) groups is 1. The van der Waals surface area contributed by atoms with Gasteiger partial charge in [0.1, 0.15) is 0 Å². The van der Waals surface area contributed by atoms with Gasteiger partial charge in [-0.15, -0.1) is 0 Å². The number of anilines is 1. The molecule has 17 heavy (non-hydrogen) atoms. The molecule has 2 N–H and O–H groups in total. The van der Waals surface area contributed by atoms with E-state index >= 15 is 0 Å². The average Bonchev–Trinajstić information content (AvgIpc) is 2.78. The van der Waals surface area contributed by atoms with Crippen molar-refractivity contribution in [3.8, 4) is 0 Å². The van der Waals surface area contributed by atoms with Gasteiger partial charge in [-0.25, -0.2) is 0 Å². The number of rotatable bonds is 3. The van der Waals surface area contributed by atoms with Crippen LogP contribution in [0.15, 0.2) is 6.07 Å². The molecule has 4 nitrogen and oxygen atoms in total. The predicted octanol–water partition coefficient (Wildman–Crippen LogP) is 2.88. The van der Waals surface area contributed by atoms with Gasteiger partial charge in [0.2, 0.25) is 5.91 Å². The van der Waals surface area contributed by atoms with E-state index in [1.807, 2.05) is 6.07 Å². The number of aryl methyl sites for hydroxylation is 1. The molecule has 1 aliphatic carbocycles. The molecule has 0 atom stereocenters. The summed E-state index contributed by atoms with van der Waals surface area (Å²) in [6.07, 6.45) is 6.45. The molecule has 1 saturated carbocycles. The third-order valence-electron chi connectivity index (χ3n) is 3.76. The maximum atomic E-state index is 12.2. The summed E-state index contributed by atoms with van der Waals surface area (Å²) in [5, 5.41) is 9.93. The molecule has 1 amide bonds. The maximum Gasteiger partial charge on any atom is 0.231 e. The molecule has 1 aromatic heterocycles. The molecule has 2 rings (SSSR count). The molecule has 94 valence electrons. The zero-order chi connectivity index (χ0) is 12.3. The summed E-state index contributed by atoms with van der Waals surface area (Å²) < 4.78 is 0. The van der Waals surface area contributed by atoms with Crippen LogP contribution in [0.3, 0.4) is 0 Å². The first kappa shape index (κ1) is 12.1. The minimum absolute atomic E-state index is 0.117. The summed E-state index contributed by atoms with van der Waals surface area (Å²) in [5.74, 6) is 0.769. The van der Waals surface area contributed by atoms with Gasteiger partial charge in [-0.2, -0.15) is 5.10 Å². The van der Waals surface area contributed by atoms with E-state index in [1.54, 1.807) is 0 Å². The van der Waals surface area contributed by atoms with E-state index in [0.717, 1.165) is 37.8 Å². The standard InChI is InChI=1S/C13H21N3O/c1-3-10-9-11(16-15-10)14-12(17)13(2)7-5-4-6-8-13/h9H,3-8H2,1-2H3,(H2,14,15,16,17). The summed E-state index contributed by atoms with van der Waals surface area (Å²) in [6.45, 7) is 4.12. The summed E-state index contributed by atoms with van der Waals surface area (Å²) in [4.78, 5) is 12.2. The number of H-pyrrole nitrogens is 1. The lowest BCUT2D eigenvalue weighted by atomic mass is 9.75. The SMILES string of the molecule is CCc1cc(NC(=O)C2(C)CCCCC2)n[nH]1. The van der Waals surface area contributed by atoms with E-state index in [1.165, 1.54) is 6.42 Å². The zero-order valence-corrected chi connectivity index (χ0v) is 10.7. The number of nitrogens with one attached hydrogen (secondary N) is 2. The highest BCUT2D eigenvalue weighted by molar-refractivity contribution is 5.94. The lowest BCUT2D eigenvalue weighted by molar-refractivity contribution is -0.126. The first-order chi connectivity index (χ1) is 8.14. The predicted molar refractivity (Wildman–Crippen MR) is 67.8 cm³/mol. The highest BCUT2D eigenvalue weighted by atomic mass is 16.2. The van der Waals surface area contributed by atoms with Crippen molar-refractivity contribution in [1.29, 1.82) is 0 Å². The number of hydrogen-bond acceptors (Lipinski definition) is 2. The van der Waals surface area contributed by atoms with Gasteiger partial charge in [0.05, 0.1) is 0 Å². The zero-order valence-electron chi connectivity index (χ0n) is 10.7. The quantitative estimate of drug-likeness (QED) is 0.846. The van der Waals surface area contributed by atoms with Gasteiger partial charge < -0.3 is 5.32 Å². The van der Waals surface area contributed by atoms with E-state index in [2.05, 4.69) is 29.4 Å². The molecular formula is C13H21N3O. The van der Waals surface area contributed by atoms with Crippen LogP contribution in [0.1, 0.15) is 51.6 Å². The number of carbonyl (C=O) groups excluding carboxylic acids is 1. The second-order valence-corrected chi connectivity index (χ2v) is 5.21. The van der Waals surface area contributed by atoms with Gasteiger partial charge in [0.25, 0.3) is 0 Å². The van der Waals surface area contributed by atoms with Crippen molar-refractivity contribution in [2.75, 3.05) is 5.32 Å². The summed E-state index contributed by atoms with van der Waals surface area (Å²) in [5.41, 5.74) is 0.845. The molecular weight excluding hydrogens is 214 g/mol. The number of aromatic amines is 1. The largest absolute Gasteiger partial charge is 0.309 e. The van der Waals surface area contributed by atoms with Gasteiger partial charge in [0.15, 0.2) is 5.82 Å². The molecule has 0 radical (unpaired) electrons. The molecule has 0 saturated heterocycles. The van der Waals surface area contributed by atoms with Crippen LogP contribution in [0.5, 0.6) is 0 Å².